The van der Waals surface area contributed by atoms with Gasteiger partial charge in [-0.15, -0.1) is 0 Å². The topological polar surface area (TPSA) is 43.6 Å². The van der Waals surface area contributed by atoms with E-state index >= 15 is 0 Å². The molecule has 0 fully saturated rings. The molecule has 8 aromatic carbocycles. The molecule has 0 bridgehead atoms. The van der Waals surface area contributed by atoms with E-state index in [9.17, 15) is 0 Å². The molecule has 0 saturated carbocycles. The van der Waals surface area contributed by atoms with Crippen molar-refractivity contribution >= 4 is 32.6 Å². The van der Waals surface area contributed by atoms with E-state index in [-0.39, 0.29) is 0 Å². The zero-order chi connectivity index (χ0) is 35.1. The Bertz CT molecular complexity index is 2820. The zero-order valence-electron chi connectivity index (χ0n) is 28.8. The largest absolute Gasteiger partial charge is 0.309 e. The van der Waals surface area contributed by atoms with Gasteiger partial charge in [0.25, 0.3) is 0 Å². The van der Waals surface area contributed by atoms with Crippen LogP contribution < -0.4 is 0 Å². The van der Waals surface area contributed by atoms with Crippen molar-refractivity contribution in [3.63, 3.8) is 0 Å². The highest BCUT2D eigenvalue weighted by molar-refractivity contribution is 6.10. The van der Waals surface area contributed by atoms with Crippen LogP contribution in [0.5, 0.6) is 0 Å². The first-order chi connectivity index (χ1) is 26.3. The molecule has 0 radical (unpaired) electrons. The van der Waals surface area contributed by atoms with Crippen LogP contribution in [0.1, 0.15) is 0 Å². The molecule has 10 rings (SSSR count). The van der Waals surface area contributed by atoms with Crippen molar-refractivity contribution < 1.29 is 0 Å². The molecular formula is C49H32N4. The lowest BCUT2D eigenvalue weighted by molar-refractivity contribution is 1.07. The maximum atomic E-state index is 5.33. The molecule has 53 heavy (non-hydrogen) atoms. The van der Waals surface area contributed by atoms with Crippen LogP contribution in [-0.4, -0.2) is 19.5 Å². The normalized spacial score (nSPS) is 11.4. The van der Waals surface area contributed by atoms with Crippen molar-refractivity contribution in [3.05, 3.63) is 194 Å². The third-order valence-electron chi connectivity index (χ3n) is 10.00. The Labute approximate surface area is 307 Å². The standard InChI is InChI=1S/C49H32N4/c1-4-16-33(17-5-1)37-28-38(34-18-6-2-7-19-34)30-39(29-37)48-50-47(35-20-8-3-9-21-35)51-49(52-48)44-32-40(31-36-22-10-11-23-41(36)44)53-45-26-14-12-24-42(45)43-25-13-15-27-46(43)53/h1-32H. The zero-order valence-corrected chi connectivity index (χ0v) is 28.8. The fraction of sp³-hybridized carbons (Fsp3) is 0. The van der Waals surface area contributed by atoms with Crippen molar-refractivity contribution in [1.29, 1.82) is 0 Å². The van der Waals surface area contributed by atoms with Gasteiger partial charge >= 0.3 is 0 Å². The second kappa shape index (κ2) is 12.9. The molecule has 2 heterocycles. The van der Waals surface area contributed by atoms with E-state index in [1.807, 2.05) is 30.3 Å². The Balaban J connectivity index is 1.24. The predicted octanol–water partition coefficient (Wildman–Crippen LogP) is 12.5. The highest BCUT2D eigenvalue weighted by Crippen LogP contribution is 2.38. The van der Waals surface area contributed by atoms with Gasteiger partial charge in [-0.05, 0) is 75.5 Å². The molecule has 0 unspecified atom stereocenters. The summed E-state index contributed by atoms with van der Waals surface area (Å²) in [5.41, 5.74) is 10.6. The van der Waals surface area contributed by atoms with Gasteiger partial charge in [0, 0.05) is 33.2 Å². The number of para-hydroxylation sites is 2. The first-order valence-corrected chi connectivity index (χ1v) is 17.9. The van der Waals surface area contributed by atoms with Gasteiger partial charge in [0.15, 0.2) is 17.5 Å². The molecule has 0 aliphatic heterocycles. The predicted molar refractivity (Wildman–Crippen MR) is 219 cm³/mol. The quantitative estimate of drug-likeness (QED) is 0.176. The molecule has 4 nitrogen and oxygen atoms in total. The summed E-state index contributed by atoms with van der Waals surface area (Å²) in [6, 6.07) is 68.1. The molecule has 0 aliphatic carbocycles. The summed E-state index contributed by atoms with van der Waals surface area (Å²) in [6.07, 6.45) is 0. The van der Waals surface area contributed by atoms with Crippen LogP contribution in [0.15, 0.2) is 194 Å². The summed E-state index contributed by atoms with van der Waals surface area (Å²) in [7, 11) is 0. The van der Waals surface area contributed by atoms with Crippen LogP contribution in [0.3, 0.4) is 0 Å². The van der Waals surface area contributed by atoms with Crippen LogP contribution in [-0.2, 0) is 0 Å². The summed E-state index contributed by atoms with van der Waals surface area (Å²) in [6.45, 7) is 0. The third-order valence-corrected chi connectivity index (χ3v) is 10.00. The minimum atomic E-state index is 0.621. The van der Waals surface area contributed by atoms with Crippen LogP contribution in [0, 0.1) is 0 Å². The van der Waals surface area contributed by atoms with Gasteiger partial charge in [-0.25, -0.2) is 15.0 Å². The van der Waals surface area contributed by atoms with Gasteiger partial charge in [-0.2, -0.15) is 0 Å². The molecule has 248 valence electrons. The number of hydrogen-bond donors (Lipinski definition) is 0. The maximum absolute atomic E-state index is 5.33. The molecule has 0 spiro atoms. The molecule has 0 saturated heterocycles. The van der Waals surface area contributed by atoms with Gasteiger partial charge in [-0.3, -0.25) is 0 Å². The van der Waals surface area contributed by atoms with Gasteiger partial charge in [-0.1, -0.05) is 152 Å². The van der Waals surface area contributed by atoms with E-state index in [0.29, 0.717) is 17.5 Å². The second-order valence-corrected chi connectivity index (χ2v) is 13.3. The van der Waals surface area contributed by atoms with E-state index in [1.54, 1.807) is 0 Å². The maximum Gasteiger partial charge on any atom is 0.164 e. The minimum absolute atomic E-state index is 0.621. The molecule has 0 amide bonds. The van der Waals surface area contributed by atoms with Crippen LogP contribution in [0.4, 0.5) is 0 Å². The van der Waals surface area contributed by atoms with Crippen molar-refractivity contribution in [2.24, 2.45) is 0 Å². The number of rotatable bonds is 6. The van der Waals surface area contributed by atoms with E-state index in [1.165, 1.54) is 10.8 Å². The fourth-order valence-electron chi connectivity index (χ4n) is 7.50. The monoisotopic (exact) mass is 676 g/mol. The Morgan fingerprint density at radius 2 is 0.736 bits per heavy atom. The molecular weight excluding hydrogens is 645 g/mol. The molecule has 4 heteroatoms. The number of nitrogens with zero attached hydrogens (tertiary/aromatic N) is 4. The van der Waals surface area contributed by atoms with Crippen molar-refractivity contribution in [2.45, 2.75) is 0 Å². The number of fused-ring (bicyclic) bond motifs is 4. The lowest BCUT2D eigenvalue weighted by Crippen LogP contribution is -2.02. The average molecular weight is 677 g/mol. The second-order valence-electron chi connectivity index (χ2n) is 13.3. The van der Waals surface area contributed by atoms with E-state index in [2.05, 4.69) is 168 Å². The number of aromatic nitrogens is 4. The van der Waals surface area contributed by atoms with Gasteiger partial charge < -0.3 is 4.57 Å². The van der Waals surface area contributed by atoms with Crippen molar-refractivity contribution in [3.8, 4) is 62.1 Å². The van der Waals surface area contributed by atoms with Gasteiger partial charge in [0.2, 0.25) is 0 Å². The first kappa shape index (κ1) is 30.6. The summed E-state index contributed by atoms with van der Waals surface area (Å²) in [5.74, 6) is 1.87. The highest BCUT2D eigenvalue weighted by Gasteiger charge is 2.19. The Hall–Kier alpha value is -7.17. The summed E-state index contributed by atoms with van der Waals surface area (Å²) in [5, 5.41) is 4.64. The van der Waals surface area contributed by atoms with E-state index in [4.69, 9.17) is 15.0 Å². The third kappa shape index (κ3) is 5.54. The van der Waals surface area contributed by atoms with Crippen LogP contribution in [0.25, 0.3) is 94.7 Å². The number of hydrogen-bond acceptors (Lipinski definition) is 3. The molecule has 0 N–H and O–H groups in total. The van der Waals surface area contributed by atoms with Crippen molar-refractivity contribution in [1.82, 2.24) is 19.5 Å². The van der Waals surface area contributed by atoms with Gasteiger partial charge in [0.1, 0.15) is 0 Å². The molecule has 10 aromatic rings. The first-order valence-electron chi connectivity index (χ1n) is 17.9. The highest BCUT2D eigenvalue weighted by atomic mass is 15.0. The SMILES string of the molecule is c1ccc(-c2cc(-c3ccccc3)cc(-c3nc(-c4ccccc4)nc(-c4cc(-n5c6ccccc6c6ccccc65)cc5ccccc45)n3)c2)cc1. The molecule has 0 atom stereocenters. The minimum Gasteiger partial charge on any atom is -0.309 e. The smallest absolute Gasteiger partial charge is 0.164 e. The number of benzene rings is 8. The Kier molecular flexibility index (Phi) is 7.43. The molecule has 0 aliphatic rings. The van der Waals surface area contributed by atoms with Gasteiger partial charge in [0.05, 0.1) is 11.0 Å². The average Bonchev–Trinajstić information content (AvgIpc) is 3.58. The summed E-state index contributed by atoms with van der Waals surface area (Å²) >= 11 is 0. The Morgan fingerprint density at radius 1 is 0.302 bits per heavy atom. The van der Waals surface area contributed by atoms with Crippen molar-refractivity contribution in [2.75, 3.05) is 0 Å². The fourth-order valence-corrected chi connectivity index (χ4v) is 7.50. The molecule has 2 aromatic heterocycles. The van der Waals surface area contributed by atoms with Crippen LogP contribution >= 0.6 is 0 Å². The van der Waals surface area contributed by atoms with E-state index < -0.39 is 0 Å². The summed E-state index contributed by atoms with van der Waals surface area (Å²) in [4.78, 5) is 15.7. The Morgan fingerprint density at radius 3 is 1.32 bits per heavy atom. The van der Waals surface area contributed by atoms with Crippen LogP contribution in [0.2, 0.25) is 0 Å². The summed E-state index contributed by atoms with van der Waals surface area (Å²) < 4.78 is 2.36. The van der Waals surface area contributed by atoms with E-state index in [0.717, 1.165) is 66.4 Å². The lowest BCUT2D eigenvalue weighted by atomic mass is 9.95. The lowest BCUT2D eigenvalue weighted by Gasteiger charge is -2.15.